The van der Waals surface area contributed by atoms with Gasteiger partial charge in [-0.1, -0.05) is 28.1 Å². The average Bonchev–Trinajstić information content (AvgIpc) is 3.06. The van der Waals surface area contributed by atoms with Gasteiger partial charge < -0.3 is 14.8 Å². The molecule has 31 heavy (non-hydrogen) atoms. The number of benzene rings is 1. The summed E-state index contributed by atoms with van der Waals surface area (Å²) in [6, 6.07) is 8.64. The standard InChI is InChI=1S/C22H23BrN4O4/c23-16-3-4-17-18(13-27(14-20(28)29)19(17)10-16)21(22(30)31)26-8-6-25(7-9-26)12-15-2-1-5-24-11-15/h1-5,10-11,13,21H,6-9,12,14H2,(H,28,29)(H,30,31). The molecule has 9 heteroatoms. The number of nitrogens with zero attached hydrogens (tertiary/aromatic N) is 4. The second-order valence-electron chi connectivity index (χ2n) is 7.68. The minimum Gasteiger partial charge on any atom is -0.480 e. The molecule has 2 aromatic heterocycles. The lowest BCUT2D eigenvalue weighted by atomic mass is 10.0. The Bertz CT molecular complexity index is 1090. The third-order valence-corrected chi connectivity index (χ3v) is 6.10. The lowest BCUT2D eigenvalue weighted by molar-refractivity contribution is -0.144. The van der Waals surface area contributed by atoms with Crippen molar-refractivity contribution in [1.29, 1.82) is 0 Å². The maximum Gasteiger partial charge on any atom is 0.325 e. The molecule has 0 saturated carbocycles. The molecule has 1 aliphatic rings. The first-order valence-corrected chi connectivity index (χ1v) is 10.8. The molecule has 162 valence electrons. The van der Waals surface area contributed by atoms with Gasteiger partial charge in [-0.05, 0) is 23.8 Å². The second-order valence-corrected chi connectivity index (χ2v) is 8.60. The maximum absolute atomic E-state index is 12.3. The summed E-state index contributed by atoms with van der Waals surface area (Å²) in [5.41, 5.74) is 2.46. The monoisotopic (exact) mass is 486 g/mol. The van der Waals surface area contributed by atoms with Crippen LogP contribution in [0.2, 0.25) is 0 Å². The van der Waals surface area contributed by atoms with Gasteiger partial charge in [-0.25, -0.2) is 0 Å². The molecule has 0 radical (unpaired) electrons. The van der Waals surface area contributed by atoms with Crippen LogP contribution < -0.4 is 0 Å². The molecule has 1 aromatic carbocycles. The van der Waals surface area contributed by atoms with E-state index in [0.717, 1.165) is 35.1 Å². The number of piperazine rings is 1. The predicted molar refractivity (Wildman–Crippen MR) is 119 cm³/mol. The van der Waals surface area contributed by atoms with Gasteiger partial charge in [0.05, 0.1) is 5.52 Å². The maximum atomic E-state index is 12.3. The SMILES string of the molecule is O=C(O)Cn1cc(C(C(=O)O)N2CCN(Cc3cccnc3)CC2)c2ccc(Br)cc21. The fourth-order valence-electron chi connectivity index (χ4n) is 4.20. The van der Waals surface area contributed by atoms with Gasteiger partial charge in [-0.2, -0.15) is 0 Å². The molecule has 1 atom stereocenters. The van der Waals surface area contributed by atoms with E-state index < -0.39 is 18.0 Å². The molecular formula is C22H23BrN4O4. The fourth-order valence-corrected chi connectivity index (χ4v) is 4.55. The number of carbonyl (C=O) groups is 2. The van der Waals surface area contributed by atoms with Crippen LogP contribution in [0.5, 0.6) is 0 Å². The Balaban J connectivity index is 1.58. The van der Waals surface area contributed by atoms with Crippen LogP contribution in [0.3, 0.4) is 0 Å². The highest BCUT2D eigenvalue weighted by atomic mass is 79.9. The van der Waals surface area contributed by atoms with Crippen LogP contribution in [0.15, 0.2) is 53.4 Å². The molecule has 8 nitrogen and oxygen atoms in total. The van der Waals surface area contributed by atoms with Gasteiger partial charge in [-0.3, -0.25) is 24.4 Å². The summed E-state index contributed by atoms with van der Waals surface area (Å²) in [7, 11) is 0. The third kappa shape index (κ3) is 4.79. The topological polar surface area (TPSA) is 98.9 Å². The molecule has 0 spiro atoms. The molecule has 0 bridgehead atoms. The highest BCUT2D eigenvalue weighted by molar-refractivity contribution is 9.10. The van der Waals surface area contributed by atoms with E-state index in [1.807, 2.05) is 41.4 Å². The van der Waals surface area contributed by atoms with Crippen molar-refractivity contribution < 1.29 is 19.8 Å². The van der Waals surface area contributed by atoms with Crippen LogP contribution >= 0.6 is 15.9 Å². The minimum absolute atomic E-state index is 0.224. The van der Waals surface area contributed by atoms with Crippen molar-refractivity contribution in [2.75, 3.05) is 26.2 Å². The molecule has 3 aromatic rings. The summed E-state index contributed by atoms with van der Waals surface area (Å²) in [6.07, 6.45) is 5.27. The highest BCUT2D eigenvalue weighted by Gasteiger charge is 2.33. The zero-order valence-corrected chi connectivity index (χ0v) is 18.4. The number of halogens is 1. The molecule has 1 aliphatic heterocycles. The van der Waals surface area contributed by atoms with Crippen molar-refractivity contribution >= 4 is 38.8 Å². The Hall–Kier alpha value is -2.75. The van der Waals surface area contributed by atoms with E-state index >= 15 is 0 Å². The van der Waals surface area contributed by atoms with Gasteiger partial charge in [0.25, 0.3) is 0 Å². The van der Waals surface area contributed by atoms with Crippen LogP contribution in [-0.2, 0) is 22.7 Å². The summed E-state index contributed by atoms with van der Waals surface area (Å²) in [5.74, 6) is -1.91. The summed E-state index contributed by atoms with van der Waals surface area (Å²) >= 11 is 3.42. The highest BCUT2D eigenvalue weighted by Crippen LogP contribution is 2.33. The van der Waals surface area contributed by atoms with Gasteiger partial charge >= 0.3 is 11.9 Å². The van der Waals surface area contributed by atoms with Crippen molar-refractivity contribution in [3.05, 3.63) is 64.5 Å². The fraction of sp³-hybridized carbons (Fsp3) is 0.318. The number of rotatable bonds is 7. The Morgan fingerprint density at radius 2 is 1.90 bits per heavy atom. The zero-order valence-electron chi connectivity index (χ0n) is 16.8. The first kappa shape index (κ1) is 21.5. The molecule has 1 unspecified atom stereocenters. The summed E-state index contributed by atoms with van der Waals surface area (Å²) in [5, 5.41) is 20.1. The normalized spacial score (nSPS) is 16.4. The van der Waals surface area contributed by atoms with Crippen molar-refractivity contribution in [2.24, 2.45) is 0 Å². The van der Waals surface area contributed by atoms with Crippen LogP contribution in [-0.4, -0.2) is 67.7 Å². The lowest BCUT2D eigenvalue weighted by Gasteiger charge is -2.37. The average molecular weight is 487 g/mol. The number of carboxylic acids is 2. The molecule has 0 amide bonds. The van der Waals surface area contributed by atoms with E-state index in [2.05, 4.69) is 25.8 Å². The molecule has 4 rings (SSSR count). The summed E-state index contributed by atoms with van der Waals surface area (Å²) in [6.45, 7) is 3.28. The lowest BCUT2D eigenvalue weighted by Crippen LogP contribution is -2.48. The van der Waals surface area contributed by atoms with E-state index in [-0.39, 0.29) is 6.54 Å². The molecule has 3 heterocycles. The third-order valence-electron chi connectivity index (χ3n) is 5.61. The quantitative estimate of drug-likeness (QED) is 0.529. The molecule has 1 fully saturated rings. The van der Waals surface area contributed by atoms with Crippen molar-refractivity contribution in [1.82, 2.24) is 19.4 Å². The Morgan fingerprint density at radius 3 is 2.55 bits per heavy atom. The Labute approximate surface area is 187 Å². The zero-order chi connectivity index (χ0) is 22.0. The van der Waals surface area contributed by atoms with Gasteiger partial charge in [0, 0.05) is 66.7 Å². The van der Waals surface area contributed by atoms with Gasteiger partial charge in [0.15, 0.2) is 0 Å². The first-order chi connectivity index (χ1) is 14.9. The van der Waals surface area contributed by atoms with E-state index in [9.17, 15) is 19.8 Å². The molecule has 0 aliphatic carbocycles. The van der Waals surface area contributed by atoms with Gasteiger partial charge in [-0.15, -0.1) is 0 Å². The van der Waals surface area contributed by atoms with Gasteiger partial charge in [0.1, 0.15) is 12.6 Å². The number of pyridine rings is 1. The van der Waals surface area contributed by atoms with E-state index in [4.69, 9.17) is 0 Å². The van der Waals surface area contributed by atoms with Crippen LogP contribution in [0.25, 0.3) is 10.9 Å². The predicted octanol–water partition coefficient (Wildman–Crippen LogP) is 2.83. The van der Waals surface area contributed by atoms with Crippen molar-refractivity contribution in [3.8, 4) is 0 Å². The largest absolute Gasteiger partial charge is 0.480 e. The van der Waals surface area contributed by atoms with Crippen LogP contribution in [0, 0.1) is 0 Å². The van der Waals surface area contributed by atoms with Crippen molar-refractivity contribution in [3.63, 3.8) is 0 Å². The minimum atomic E-state index is -0.973. The molecule has 1 saturated heterocycles. The van der Waals surface area contributed by atoms with Crippen LogP contribution in [0.1, 0.15) is 17.2 Å². The number of hydrogen-bond acceptors (Lipinski definition) is 5. The molecule has 2 N–H and O–H groups in total. The Kier molecular flexibility index (Phi) is 6.35. The van der Waals surface area contributed by atoms with Crippen LogP contribution in [0.4, 0.5) is 0 Å². The van der Waals surface area contributed by atoms with Crippen molar-refractivity contribution in [2.45, 2.75) is 19.1 Å². The Morgan fingerprint density at radius 1 is 1.13 bits per heavy atom. The smallest absolute Gasteiger partial charge is 0.325 e. The summed E-state index contributed by atoms with van der Waals surface area (Å²) < 4.78 is 2.42. The number of carboxylic acid groups (broad SMARTS) is 2. The first-order valence-electron chi connectivity index (χ1n) is 10.0. The summed E-state index contributed by atoms with van der Waals surface area (Å²) in [4.78, 5) is 32.0. The van der Waals surface area contributed by atoms with E-state index in [0.29, 0.717) is 24.2 Å². The second kappa shape index (κ2) is 9.17. The number of hydrogen-bond donors (Lipinski definition) is 2. The molecular weight excluding hydrogens is 464 g/mol. The number of fused-ring (bicyclic) bond motifs is 1. The van der Waals surface area contributed by atoms with Gasteiger partial charge in [0.2, 0.25) is 0 Å². The van der Waals surface area contributed by atoms with E-state index in [1.54, 1.807) is 17.0 Å². The van der Waals surface area contributed by atoms with E-state index in [1.165, 1.54) is 0 Å². The number of aliphatic carboxylic acids is 2. The number of aromatic nitrogens is 2.